The first kappa shape index (κ1) is 27.8. The fourth-order valence-corrected chi connectivity index (χ4v) is 6.40. The van der Waals surface area contributed by atoms with Gasteiger partial charge < -0.3 is 15.5 Å². The lowest BCUT2D eigenvalue weighted by Crippen LogP contribution is -2.53. The summed E-state index contributed by atoms with van der Waals surface area (Å²) in [5.74, 6) is -0.921. The Morgan fingerprint density at radius 3 is 2.00 bits per heavy atom. The van der Waals surface area contributed by atoms with Crippen LogP contribution in [-0.2, 0) is 30.8 Å². The number of primary amides is 1. The van der Waals surface area contributed by atoms with E-state index in [2.05, 4.69) is 4.72 Å². The molecule has 1 unspecified atom stereocenters. The second-order valence-corrected chi connectivity index (χ2v) is 12.0. The molecule has 0 radical (unpaired) electrons. The van der Waals surface area contributed by atoms with Crippen molar-refractivity contribution in [1.82, 2.24) is 14.5 Å². The Hall–Kier alpha value is -3.24. The highest BCUT2D eigenvalue weighted by molar-refractivity contribution is 7.89. The summed E-state index contributed by atoms with van der Waals surface area (Å²) >= 11 is 0. The molecule has 2 fully saturated rings. The Morgan fingerprint density at radius 1 is 0.868 bits per heavy atom. The molecule has 2 aromatic rings. The number of likely N-dealkylation sites (tertiary alicyclic amines) is 2. The van der Waals surface area contributed by atoms with Crippen LogP contribution < -0.4 is 10.5 Å². The van der Waals surface area contributed by atoms with E-state index in [4.69, 9.17) is 5.73 Å². The molecule has 2 aromatic carbocycles. The van der Waals surface area contributed by atoms with Crippen molar-refractivity contribution in [2.75, 3.05) is 26.2 Å². The lowest BCUT2D eigenvalue weighted by atomic mass is 9.91. The molecule has 2 heterocycles. The molecule has 204 valence electrons. The van der Waals surface area contributed by atoms with E-state index in [9.17, 15) is 22.8 Å². The van der Waals surface area contributed by atoms with Crippen LogP contribution in [0.3, 0.4) is 0 Å². The van der Waals surface area contributed by atoms with Crippen LogP contribution in [0.5, 0.6) is 0 Å². The van der Waals surface area contributed by atoms with Gasteiger partial charge in [-0.3, -0.25) is 14.4 Å². The number of hydrogen-bond donors (Lipinski definition) is 2. The van der Waals surface area contributed by atoms with Gasteiger partial charge in [0.05, 0.1) is 4.90 Å². The minimum absolute atomic E-state index is 0.0564. The number of carbonyl (C=O) groups is 3. The standard InChI is InChI=1S/C28H36N4O5S/c1-20-7-9-24(10-8-20)38(36,37)30-25(19-21-5-3-2-4-6-21)28(35)32-17-13-23(14-18-32)27(34)31-15-11-22(12-16-31)26(29)33/h2-10,22-23,25,30H,11-19H2,1H3,(H2,29,33). The molecule has 9 nitrogen and oxygen atoms in total. The molecule has 0 bridgehead atoms. The Balaban J connectivity index is 1.41. The van der Waals surface area contributed by atoms with Crippen molar-refractivity contribution in [3.63, 3.8) is 0 Å². The van der Waals surface area contributed by atoms with E-state index < -0.39 is 16.1 Å². The van der Waals surface area contributed by atoms with E-state index in [1.54, 1.807) is 21.9 Å². The van der Waals surface area contributed by atoms with Crippen LogP contribution >= 0.6 is 0 Å². The van der Waals surface area contributed by atoms with E-state index >= 15 is 0 Å². The van der Waals surface area contributed by atoms with Crippen molar-refractivity contribution in [3.05, 3.63) is 65.7 Å². The van der Waals surface area contributed by atoms with Gasteiger partial charge in [0.2, 0.25) is 27.7 Å². The van der Waals surface area contributed by atoms with Crippen LogP contribution in [0.25, 0.3) is 0 Å². The average molecular weight is 541 g/mol. The highest BCUT2D eigenvalue weighted by Gasteiger charge is 2.35. The Labute approximate surface area is 224 Å². The van der Waals surface area contributed by atoms with Gasteiger partial charge in [-0.15, -0.1) is 0 Å². The highest BCUT2D eigenvalue weighted by Crippen LogP contribution is 2.25. The molecule has 38 heavy (non-hydrogen) atoms. The molecule has 2 aliphatic rings. The van der Waals surface area contributed by atoms with E-state index in [-0.39, 0.29) is 40.9 Å². The van der Waals surface area contributed by atoms with Crippen LogP contribution in [-0.4, -0.2) is 68.2 Å². The Morgan fingerprint density at radius 2 is 1.42 bits per heavy atom. The molecule has 2 saturated heterocycles. The fraction of sp³-hybridized carbons (Fsp3) is 0.464. The smallest absolute Gasteiger partial charge is 0.241 e. The summed E-state index contributed by atoms with van der Waals surface area (Å²) in [5.41, 5.74) is 7.19. The number of benzene rings is 2. The Kier molecular flexibility index (Phi) is 8.83. The zero-order chi connectivity index (χ0) is 27.3. The number of carbonyl (C=O) groups excluding carboxylic acids is 3. The molecule has 0 aromatic heterocycles. The maximum absolute atomic E-state index is 13.6. The predicted molar refractivity (Wildman–Crippen MR) is 143 cm³/mol. The van der Waals surface area contributed by atoms with Gasteiger partial charge >= 0.3 is 0 Å². The van der Waals surface area contributed by atoms with Gasteiger partial charge in [-0.2, -0.15) is 4.72 Å². The second kappa shape index (κ2) is 12.1. The predicted octanol–water partition coefficient (Wildman–Crippen LogP) is 1.85. The minimum Gasteiger partial charge on any atom is -0.369 e. The maximum atomic E-state index is 13.6. The quantitative estimate of drug-likeness (QED) is 0.528. The minimum atomic E-state index is -3.92. The molecule has 0 aliphatic carbocycles. The fourth-order valence-electron chi connectivity index (χ4n) is 5.21. The van der Waals surface area contributed by atoms with Crippen LogP contribution in [0.15, 0.2) is 59.5 Å². The summed E-state index contributed by atoms with van der Waals surface area (Å²) in [7, 11) is -3.92. The summed E-state index contributed by atoms with van der Waals surface area (Å²) in [4.78, 5) is 41.7. The third-order valence-electron chi connectivity index (χ3n) is 7.57. The summed E-state index contributed by atoms with van der Waals surface area (Å²) in [6.07, 6.45) is 2.42. The average Bonchev–Trinajstić information content (AvgIpc) is 2.93. The van der Waals surface area contributed by atoms with Gasteiger partial charge in [-0.1, -0.05) is 48.0 Å². The van der Waals surface area contributed by atoms with Crippen LogP contribution in [0.4, 0.5) is 0 Å². The molecular formula is C28H36N4O5S. The zero-order valence-electron chi connectivity index (χ0n) is 21.7. The largest absolute Gasteiger partial charge is 0.369 e. The summed E-state index contributed by atoms with van der Waals surface area (Å²) in [5, 5.41) is 0. The first-order valence-electron chi connectivity index (χ1n) is 13.1. The van der Waals surface area contributed by atoms with Crippen LogP contribution in [0.1, 0.15) is 36.8 Å². The number of piperidine rings is 2. The van der Waals surface area contributed by atoms with Gasteiger partial charge in [0.1, 0.15) is 6.04 Å². The molecule has 10 heteroatoms. The van der Waals surface area contributed by atoms with Crippen LogP contribution in [0.2, 0.25) is 0 Å². The summed E-state index contributed by atoms with van der Waals surface area (Å²) < 4.78 is 28.9. The molecule has 4 rings (SSSR count). The Bertz CT molecular complexity index is 1230. The highest BCUT2D eigenvalue weighted by atomic mass is 32.2. The number of nitrogens with zero attached hydrogens (tertiary/aromatic N) is 2. The monoisotopic (exact) mass is 540 g/mol. The maximum Gasteiger partial charge on any atom is 0.241 e. The van der Waals surface area contributed by atoms with Gasteiger partial charge in [-0.05, 0) is 56.7 Å². The van der Waals surface area contributed by atoms with E-state index in [1.165, 1.54) is 12.1 Å². The summed E-state index contributed by atoms with van der Waals surface area (Å²) in [6.45, 7) is 3.68. The third-order valence-corrected chi connectivity index (χ3v) is 9.06. The zero-order valence-corrected chi connectivity index (χ0v) is 22.5. The molecule has 2 aliphatic heterocycles. The molecule has 3 N–H and O–H groups in total. The first-order valence-corrected chi connectivity index (χ1v) is 14.6. The van der Waals surface area contributed by atoms with Gasteiger partial charge in [-0.25, -0.2) is 8.42 Å². The van der Waals surface area contributed by atoms with Gasteiger partial charge in [0, 0.05) is 38.0 Å². The summed E-state index contributed by atoms with van der Waals surface area (Å²) in [6, 6.07) is 14.9. The van der Waals surface area contributed by atoms with Gasteiger partial charge in [0.15, 0.2) is 0 Å². The SMILES string of the molecule is Cc1ccc(S(=O)(=O)NC(Cc2ccccc2)C(=O)N2CCC(C(=O)N3CCC(C(N)=O)CC3)CC2)cc1. The van der Waals surface area contributed by atoms with Crippen LogP contribution in [0, 0.1) is 18.8 Å². The number of hydrogen-bond acceptors (Lipinski definition) is 5. The molecule has 0 saturated carbocycles. The van der Waals surface area contributed by atoms with Crippen molar-refractivity contribution in [1.29, 1.82) is 0 Å². The van der Waals surface area contributed by atoms with Crippen molar-refractivity contribution < 1.29 is 22.8 Å². The van der Waals surface area contributed by atoms with Crippen molar-refractivity contribution in [2.45, 2.75) is 50.0 Å². The normalized spacial score (nSPS) is 18.2. The topological polar surface area (TPSA) is 130 Å². The molecular weight excluding hydrogens is 504 g/mol. The number of nitrogens with two attached hydrogens (primary N) is 1. The third kappa shape index (κ3) is 6.79. The first-order chi connectivity index (χ1) is 18.1. The van der Waals surface area contributed by atoms with E-state index in [0.29, 0.717) is 51.9 Å². The number of nitrogens with one attached hydrogen (secondary N) is 1. The lowest BCUT2D eigenvalue weighted by Gasteiger charge is -2.37. The number of amides is 3. The number of sulfonamides is 1. The van der Waals surface area contributed by atoms with Crippen molar-refractivity contribution >= 4 is 27.7 Å². The van der Waals surface area contributed by atoms with E-state index in [1.807, 2.05) is 37.3 Å². The van der Waals surface area contributed by atoms with Crippen molar-refractivity contribution in [2.24, 2.45) is 17.6 Å². The second-order valence-electron chi connectivity index (χ2n) is 10.3. The lowest BCUT2D eigenvalue weighted by molar-refractivity contribution is -0.143. The number of rotatable bonds is 8. The molecule has 3 amide bonds. The molecule has 1 atom stereocenters. The van der Waals surface area contributed by atoms with Gasteiger partial charge in [0.25, 0.3) is 0 Å². The molecule has 0 spiro atoms. The number of aryl methyl sites for hydroxylation is 1. The van der Waals surface area contributed by atoms with E-state index in [0.717, 1.165) is 11.1 Å². The van der Waals surface area contributed by atoms with Crippen molar-refractivity contribution in [3.8, 4) is 0 Å².